The largest absolute Gasteiger partial charge is 0.355 e. The molecule has 0 spiro atoms. The third-order valence-corrected chi connectivity index (χ3v) is 3.97. The zero-order valence-electron chi connectivity index (χ0n) is 10.8. The van der Waals surface area contributed by atoms with Crippen LogP contribution in [0, 0.1) is 5.82 Å². The number of benzene rings is 1. The Bertz CT molecular complexity index is 546. The van der Waals surface area contributed by atoms with E-state index in [9.17, 15) is 17.6 Å². The van der Waals surface area contributed by atoms with Gasteiger partial charge in [0, 0.05) is 6.54 Å². The number of amides is 1. The molecule has 0 radical (unpaired) electrons. The topological polar surface area (TPSA) is 75.3 Å². The molecular formula is C12H17FN2O3S. The lowest BCUT2D eigenvalue weighted by Gasteiger charge is -2.14. The molecule has 1 amide bonds. The van der Waals surface area contributed by atoms with E-state index in [4.69, 9.17) is 0 Å². The second-order valence-electron chi connectivity index (χ2n) is 4.06. The van der Waals surface area contributed by atoms with E-state index in [1.165, 1.54) is 19.1 Å². The minimum absolute atomic E-state index is 0.443. The Labute approximate surface area is 112 Å². The van der Waals surface area contributed by atoms with Crippen LogP contribution in [0.1, 0.15) is 20.3 Å². The molecule has 1 rings (SSSR count). The SMILES string of the molecule is CCCNC(=O)C(C)NS(=O)(=O)c1ccccc1F. The molecule has 0 aliphatic heterocycles. The molecule has 0 aliphatic rings. The van der Waals surface area contributed by atoms with Gasteiger partial charge in [-0.2, -0.15) is 4.72 Å². The van der Waals surface area contributed by atoms with E-state index in [0.717, 1.165) is 18.6 Å². The van der Waals surface area contributed by atoms with Crippen molar-refractivity contribution in [2.75, 3.05) is 6.54 Å². The molecule has 0 heterocycles. The van der Waals surface area contributed by atoms with Gasteiger partial charge >= 0.3 is 0 Å². The number of sulfonamides is 1. The Hall–Kier alpha value is -1.47. The first-order valence-corrected chi connectivity index (χ1v) is 7.41. The van der Waals surface area contributed by atoms with Crippen LogP contribution in [0.4, 0.5) is 4.39 Å². The summed E-state index contributed by atoms with van der Waals surface area (Å²) >= 11 is 0. The molecule has 0 saturated heterocycles. The molecule has 106 valence electrons. The van der Waals surface area contributed by atoms with E-state index >= 15 is 0 Å². The zero-order chi connectivity index (χ0) is 14.5. The summed E-state index contributed by atoms with van der Waals surface area (Å²) in [5, 5.41) is 2.56. The summed E-state index contributed by atoms with van der Waals surface area (Å²) in [6.45, 7) is 3.75. The molecule has 1 aromatic carbocycles. The van der Waals surface area contributed by atoms with Gasteiger partial charge in [0.1, 0.15) is 10.7 Å². The van der Waals surface area contributed by atoms with Gasteiger partial charge in [-0.25, -0.2) is 12.8 Å². The number of carbonyl (C=O) groups excluding carboxylic acids is 1. The van der Waals surface area contributed by atoms with Crippen LogP contribution >= 0.6 is 0 Å². The van der Waals surface area contributed by atoms with Gasteiger partial charge in [-0.05, 0) is 25.5 Å². The Morgan fingerprint density at radius 1 is 1.37 bits per heavy atom. The predicted molar refractivity (Wildman–Crippen MR) is 69.5 cm³/mol. The van der Waals surface area contributed by atoms with Crippen molar-refractivity contribution >= 4 is 15.9 Å². The lowest BCUT2D eigenvalue weighted by atomic mass is 10.3. The second-order valence-corrected chi connectivity index (χ2v) is 5.75. The maximum atomic E-state index is 13.4. The van der Waals surface area contributed by atoms with Crippen molar-refractivity contribution in [2.45, 2.75) is 31.2 Å². The summed E-state index contributed by atoms with van der Waals surface area (Å²) in [6, 6.07) is 4.05. The summed E-state index contributed by atoms with van der Waals surface area (Å²) < 4.78 is 39.4. The highest BCUT2D eigenvalue weighted by Crippen LogP contribution is 2.13. The number of hydrogen-bond acceptors (Lipinski definition) is 3. The molecule has 1 unspecified atom stereocenters. The molecule has 0 fully saturated rings. The van der Waals surface area contributed by atoms with Gasteiger partial charge in [-0.1, -0.05) is 19.1 Å². The molecule has 0 bridgehead atoms. The highest BCUT2D eigenvalue weighted by atomic mass is 32.2. The van der Waals surface area contributed by atoms with Crippen molar-refractivity contribution in [1.82, 2.24) is 10.0 Å². The van der Waals surface area contributed by atoms with E-state index in [-0.39, 0.29) is 0 Å². The molecule has 7 heteroatoms. The van der Waals surface area contributed by atoms with Crippen LogP contribution in [0.15, 0.2) is 29.2 Å². The average molecular weight is 288 g/mol. The minimum atomic E-state index is -4.05. The van der Waals surface area contributed by atoms with Crippen LogP contribution < -0.4 is 10.0 Å². The second kappa shape index (κ2) is 6.63. The van der Waals surface area contributed by atoms with Gasteiger partial charge in [0.05, 0.1) is 6.04 Å². The Morgan fingerprint density at radius 2 is 2.00 bits per heavy atom. The summed E-state index contributed by atoms with van der Waals surface area (Å²) in [7, 11) is -4.05. The van der Waals surface area contributed by atoms with E-state index in [2.05, 4.69) is 10.0 Å². The van der Waals surface area contributed by atoms with Gasteiger partial charge in [0.25, 0.3) is 0 Å². The minimum Gasteiger partial charge on any atom is -0.355 e. The summed E-state index contributed by atoms with van der Waals surface area (Å²) in [5.41, 5.74) is 0. The van der Waals surface area contributed by atoms with Crippen LogP contribution in [0.25, 0.3) is 0 Å². The summed E-state index contributed by atoms with van der Waals surface area (Å²) in [4.78, 5) is 11.1. The zero-order valence-corrected chi connectivity index (χ0v) is 11.6. The average Bonchev–Trinajstić information content (AvgIpc) is 2.35. The van der Waals surface area contributed by atoms with E-state index < -0.39 is 32.7 Å². The van der Waals surface area contributed by atoms with Crippen molar-refractivity contribution in [3.63, 3.8) is 0 Å². The Kier molecular flexibility index (Phi) is 5.44. The van der Waals surface area contributed by atoms with Crippen LogP contribution in [0.3, 0.4) is 0 Å². The third-order valence-electron chi connectivity index (χ3n) is 2.40. The molecule has 0 aliphatic carbocycles. The molecule has 1 aromatic rings. The maximum Gasteiger partial charge on any atom is 0.244 e. The lowest BCUT2D eigenvalue weighted by Crippen LogP contribution is -2.45. The fourth-order valence-corrected chi connectivity index (χ4v) is 2.70. The number of hydrogen-bond donors (Lipinski definition) is 2. The van der Waals surface area contributed by atoms with Crippen molar-refractivity contribution in [3.05, 3.63) is 30.1 Å². The van der Waals surface area contributed by atoms with Crippen LogP contribution in [0.2, 0.25) is 0 Å². The monoisotopic (exact) mass is 288 g/mol. The van der Waals surface area contributed by atoms with Gasteiger partial charge < -0.3 is 5.32 Å². The lowest BCUT2D eigenvalue weighted by molar-refractivity contribution is -0.122. The van der Waals surface area contributed by atoms with E-state index in [0.29, 0.717) is 6.54 Å². The molecule has 1 atom stereocenters. The first kappa shape index (κ1) is 15.6. The summed E-state index contributed by atoms with van der Waals surface area (Å²) in [5.74, 6) is -1.29. The van der Waals surface area contributed by atoms with Gasteiger partial charge in [0.15, 0.2) is 0 Å². The quantitative estimate of drug-likeness (QED) is 0.820. The first-order chi connectivity index (χ1) is 8.88. The number of halogens is 1. The smallest absolute Gasteiger partial charge is 0.244 e. The normalized spacial score (nSPS) is 13.0. The number of carbonyl (C=O) groups is 1. The van der Waals surface area contributed by atoms with Gasteiger partial charge in [-0.15, -0.1) is 0 Å². The van der Waals surface area contributed by atoms with Crippen molar-refractivity contribution in [2.24, 2.45) is 0 Å². The Morgan fingerprint density at radius 3 is 2.58 bits per heavy atom. The van der Waals surface area contributed by atoms with Crippen LogP contribution in [-0.2, 0) is 14.8 Å². The van der Waals surface area contributed by atoms with Crippen molar-refractivity contribution < 1.29 is 17.6 Å². The summed E-state index contributed by atoms with van der Waals surface area (Å²) in [6.07, 6.45) is 0.749. The predicted octanol–water partition coefficient (Wildman–Crippen LogP) is 1.02. The van der Waals surface area contributed by atoms with E-state index in [1.807, 2.05) is 6.92 Å². The molecule has 19 heavy (non-hydrogen) atoms. The highest BCUT2D eigenvalue weighted by molar-refractivity contribution is 7.89. The van der Waals surface area contributed by atoms with Crippen LogP contribution in [-0.4, -0.2) is 26.9 Å². The molecule has 5 nitrogen and oxygen atoms in total. The molecule has 2 N–H and O–H groups in total. The molecule has 0 aromatic heterocycles. The molecule has 0 saturated carbocycles. The number of nitrogens with one attached hydrogen (secondary N) is 2. The van der Waals surface area contributed by atoms with E-state index in [1.54, 1.807) is 0 Å². The van der Waals surface area contributed by atoms with Crippen LogP contribution in [0.5, 0.6) is 0 Å². The highest BCUT2D eigenvalue weighted by Gasteiger charge is 2.23. The standard InChI is InChI=1S/C12H17FN2O3S/c1-3-8-14-12(16)9(2)15-19(17,18)11-7-5-4-6-10(11)13/h4-7,9,15H,3,8H2,1-2H3,(H,14,16). The Balaban J connectivity index is 2.81. The molecular weight excluding hydrogens is 271 g/mol. The first-order valence-electron chi connectivity index (χ1n) is 5.93. The fraction of sp³-hybridized carbons (Fsp3) is 0.417. The van der Waals surface area contributed by atoms with Gasteiger partial charge in [0.2, 0.25) is 15.9 Å². The van der Waals surface area contributed by atoms with Crippen molar-refractivity contribution in [3.8, 4) is 0 Å². The van der Waals surface area contributed by atoms with Gasteiger partial charge in [-0.3, -0.25) is 4.79 Å². The maximum absolute atomic E-state index is 13.4. The fourth-order valence-electron chi connectivity index (χ4n) is 1.41. The van der Waals surface area contributed by atoms with Crippen molar-refractivity contribution in [1.29, 1.82) is 0 Å². The third kappa shape index (κ3) is 4.29. The number of rotatable bonds is 6.